The fourth-order valence-electron chi connectivity index (χ4n) is 2.80. The van der Waals surface area contributed by atoms with Gasteiger partial charge < -0.3 is 19.9 Å². The lowest BCUT2D eigenvalue weighted by Crippen LogP contribution is -2.48. The molecule has 0 aliphatic carbocycles. The number of halogens is 2. The number of aliphatic carboxylic acids is 1. The molecule has 3 rings (SSSR count). The van der Waals surface area contributed by atoms with E-state index in [1.807, 2.05) is 0 Å². The Labute approximate surface area is 204 Å². The van der Waals surface area contributed by atoms with Crippen molar-refractivity contribution < 1.29 is 33.8 Å². The van der Waals surface area contributed by atoms with Gasteiger partial charge in [0.15, 0.2) is 0 Å². The summed E-state index contributed by atoms with van der Waals surface area (Å²) in [6.45, 7) is 0. The Morgan fingerprint density at radius 2 is 1.24 bits per heavy atom. The number of hydrogen-bond donors (Lipinski definition) is 2. The highest BCUT2D eigenvalue weighted by molar-refractivity contribution is 6.36. The number of rotatable bonds is 8. The Kier molecular flexibility index (Phi) is 8.24. The van der Waals surface area contributed by atoms with Crippen molar-refractivity contribution in [2.45, 2.75) is 12.2 Å². The van der Waals surface area contributed by atoms with Crippen LogP contribution in [0.2, 0.25) is 10.0 Å². The van der Waals surface area contributed by atoms with Crippen LogP contribution >= 0.6 is 23.2 Å². The lowest BCUT2D eigenvalue weighted by Gasteiger charge is -2.23. The van der Waals surface area contributed by atoms with Gasteiger partial charge >= 0.3 is 17.9 Å². The number of amides is 1. The van der Waals surface area contributed by atoms with Crippen LogP contribution in [0.3, 0.4) is 0 Å². The van der Waals surface area contributed by atoms with E-state index in [9.17, 15) is 24.3 Å². The molecule has 10 heteroatoms. The third kappa shape index (κ3) is 6.34. The monoisotopic (exact) mass is 501 g/mol. The SMILES string of the molecule is O=C(O[C@H](C(=O)O)[C@@H](OC(=O)c1ccccc1)C(=O)Nc1ccc(Cl)cc1Cl)c1ccccc1. The summed E-state index contributed by atoms with van der Waals surface area (Å²) < 4.78 is 10.3. The van der Waals surface area contributed by atoms with Crippen LogP contribution in [0.1, 0.15) is 20.7 Å². The molecule has 0 saturated heterocycles. The topological polar surface area (TPSA) is 119 Å². The average molecular weight is 502 g/mol. The minimum Gasteiger partial charge on any atom is -0.478 e. The Morgan fingerprint density at radius 1 is 0.735 bits per heavy atom. The molecule has 0 heterocycles. The number of carboxylic acids is 1. The second-order valence-corrected chi connectivity index (χ2v) is 7.68. The van der Waals surface area contributed by atoms with Crippen molar-refractivity contribution in [1.82, 2.24) is 0 Å². The number of benzene rings is 3. The number of anilines is 1. The summed E-state index contributed by atoms with van der Waals surface area (Å²) in [6, 6.07) is 19.3. The van der Waals surface area contributed by atoms with Crippen LogP contribution < -0.4 is 5.32 Å². The molecule has 0 spiro atoms. The van der Waals surface area contributed by atoms with E-state index < -0.39 is 36.0 Å². The number of carbonyl (C=O) groups is 4. The summed E-state index contributed by atoms with van der Waals surface area (Å²) in [4.78, 5) is 50.2. The van der Waals surface area contributed by atoms with E-state index >= 15 is 0 Å². The maximum absolute atomic E-state index is 13.0. The van der Waals surface area contributed by atoms with Crippen LogP contribution in [0.4, 0.5) is 5.69 Å². The Balaban J connectivity index is 1.92. The Hall–Kier alpha value is -3.88. The summed E-state index contributed by atoms with van der Waals surface area (Å²) in [5.74, 6) is -4.80. The van der Waals surface area contributed by atoms with Crippen molar-refractivity contribution in [1.29, 1.82) is 0 Å². The van der Waals surface area contributed by atoms with E-state index in [0.29, 0.717) is 5.02 Å². The molecule has 0 saturated carbocycles. The lowest BCUT2D eigenvalue weighted by molar-refractivity contribution is -0.157. The zero-order chi connectivity index (χ0) is 24.7. The first-order valence-corrected chi connectivity index (χ1v) is 10.5. The van der Waals surface area contributed by atoms with Gasteiger partial charge in [0.2, 0.25) is 12.2 Å². The molecule has 3 aromatic carbocycles. The molecular weight excluding hydrogens is 485 g/mol. The van der Waals surface area contributed by atoms with Crippen LogP contribution in [0.15, 0.2) is 78.9 Å². The van der Waals surface area contributed by atoms with Crippen LogP contribution in [0, 0.1) is 0 Å². The Bertz CT molecular complexity index is 1200. The van der Waals surface area contributed by atoms with E-state index in [2.05, 4.69) is 5.32 Å². The van der Waals surface area contributed by atoms with Crippen molar-refractivity contribution in [3.63, 3.8) is 0 Å². The molecule has 0 radical (unpaired) electrons. The predicted molar refractivity (Wildman–Crippen MR) is 124 cm³/mol. The van der Waals surface area contributed by atoms with Crippen molar-refractivity contribution in [3.05, 3.63) is 100 Å². The molecular formula is C24H17Cl2NO7. The molecule has 34 heavy (non-hydrogen) atoms. The van der Waals surface area contributed by atoms with Crippen LogP contribution in [0.25, 0.3) is 0 Å². The largest absolute Gasteiger partial charge is 0.478 e. The Morgan fingerprint density at radius 3 is 1.71 bits per heavy atom. The highest BCUT2D eigenvalue weighted by Crippen LogP contribution is 2.26. The van der Waals surface area contributed by atoms with Gasteiger partial charge in [0, 0.05) is 5.02 Å². The maximum atomic E-state index is 13.0. The third-order valence-corrected chi connectivity index (χ3v) is 5.00. The molecule has 0 unspecified atom stereocenters. The molecule has 2 atom stereocenters. The third-order valence-electron chi connectivity index (χ3n) is 4.45. The van der Waals surface area contributed by atoms with Crippen molar-refractivity contribution in [2.75, 3.05) is 5.32 Å². The van der Waals surface area contributed by atoms with E-state index in [-0.39, 0.29) is 21.8 Å². The summed E-state index contributed by atoms with van der Waals surface area (Å²) in [6.07, 6.45) is -4.21. The first-order chi connectivity index (χ1) is 16.3. The molecule has 1 amide bonds. The average Bonchev–Trinajstić information content (AvgIpc) is 2.83. The molecule has 174 valence electrons. The van der Waals surface area contributed by atoms with Gasteiger partial charge in [0.05, 0.1) is 21.8 Å². The number of hydrogen-bond acceptors (Lipinski definition) is 6. The van der Waals surface area contributed by atoms with E-state index in [1.165, 1.54) is 42.5 Å². The number of nitrogens with one attached hydrogen (secondary N) is 1. The molecule has 0 fully saturated rings. The molecule has 0 aromatic heterocycles. The summed E-state index contributed by atoms with van der Waals surface area (Å²) in [5, 5.41) is 12.5. The zero-order valence-corrected chi connectivity index (χ0v) is 18.8. The molecule has 0 aliphatic rings. The molecule has 2 N–H and O–H groups in total. The molecule has 3 aromatic rings. The number of esters is 2. The van der Waals surface area contributed by atoms with Gasteiger partial charge in [0.1, 0.15) is 0 Å². The van der Waals surface area contributed by atoms with Crippen LogP contribution in [-0.4, -0.2) is 41.1 Å². The van der Waals surface area contributed by atoms with Gasteiger partial charge in [-0.05, 0) is 42.5 Å². The minimum atomic E-state index is -2.16. The van der Waals surface area contributed by atoms with Crippen molar-refractivity contribution in [2.24, 2.45) is 0 Å². The van der Waals surface area contributed by atoms with Crippen LogP contribution in [0.5, 0.6) is 0 Å². The first kappa shape index (κ1) is 24.8. The van der Waals surface area contributed by atoms with Gasteiger partial charge in [-0.2, -0.15) is 0 Å². The number of ether oxygens (including phenoxy) is 2. The van der Waals surface area contributed by atoms with Crippen molar-refractivity contribution in [3.8, 4) is 0 Å². The van der Waals surface area contributed by atoms with Gasteiger partial charge in [0.25, 0.3) is 5.91 Å². The fourth-order valence-corrected chi connectivity index (χ4v) is 3.26. The van der Waals surface area contributed by atoms with Gasteiger partial charge in [-0.3, -0.25) is 4.79 Å². The summed E-state index contributed by atoms with van der Waals surface area (Å²) in [7, 11) is 0. The summed E-state index contributed by atoms with van der Waals surface area (Å²) >= 11 is 11.9. The zero-order valence-electron chi connectivity index (χ0n) is 17.3. The van der Waals surface area contributed by atoms with Gasteiger partial charge in [-0.25, -0.2) is 14.4 Å². The van der Waals surface area contributed by atoms with Gasteiger partial charge in [-0.1, -0.05) is 59.6 Å². The van der Waals surface area contributed by atoms with Crippen molar-refractivity contribution >= 4 is 52.7 Å². The van der Waals surface area contributed by atoms with E-state index in [4.69, 9.17) is 32.7 Å². The lowest BCUT2D eigenvalue weighted by atomic mass is 10.1. The standard InChI is InChI=1S/C24H17Cl2NO7/c25-16-11-12-18(17(26)13-16)27-21(28)19(33-23(31)14-7-3-1-4-8-14)20(22(29)30)34-24(32)15-9-5-2-6-10-15/h1-13,19-20H,(H,27,28)(H,29,30)/t19-,20+/m1/s1. The van der Waals surface area contributed by atoms with Gasteiger partial charge in [-0.15, -0.1) is 0 Å². The smallest absolute Gasteiger partial charge is 0.349 e. The van der Waals surface area contributed by atoms with E-state index in [1.54, 1.807) is 36.4 Å². The predicted octanol–water partition coefficient (Wildman–Crippen LogP) is 4.47. The van der Waals surface area contributed by atoms with Crippen LogP contribution in [-0.2, 0) is 19.1 Å². The molecule has 8 nitrogen and oxygen atoms in total. The first-order valence-electron chi connectivity index (χ1n) is 9.77. The second kappa shape index (κ2) is 11.3. The number of carbonyl (C=O) groups excluding carboxylic acids is 3. The highest BCUT2D eigenvalue weighted by Gasteiger charge is 2.41. The fraction of sp³-hybridized carbons (Fsp3) is 0.0833. The molecule has 0 bridgehead atoms. The maximum Gasteiger partial charge on any atom is 0.349 e. The second-order valence-electron chi connectivity index (χ2n) is 6.84. The highest BCUT2D eigenvalue weighted by atomic mass is 35.5. The molecule has 0 aliphatic heterocycles. The number of carboxylic acid groups (broad SMARTS) is 1. The normalized spacial score (nSPS) is 12.2. The van der Waals surface area contributed by atoms with E-state index in [0.717, 1.165) is 0 Å². The quantitative estimate of drug-likeness (QED) is 0.437. The minimum absolute atomic E-state index is 0.0445. The summed E-state index contributed by atoms with van der Waals surface area (Å²) in [5.41, 5.74) is 0.182.